The van der Waals surface area contributed by atoms with Crippen LogP contribution < -0.4 is 5.56 Å². The van der Waals surface area contributed by atoms with E-state index in [4.69, 9.17) is 0 Å². The number of thiophene rings is 1. The van der Waals surface area contributed by atoms with Gasteiger partial charge >= 0.3 is 0 Å². The van der Waals surface area contributed by atoms with Crippen molar-refractivity contribution in [1.29, 1.82) is 0 Å². The zero-order valence-corrected chi connectivity index (χ0v) is 16.7. The van der Waals surface area contributed by atoms with Gasteiger partial charge in [0, 0.05) is 11.4 Å². The van der Waals surface area contributed by atoms with Crippen LogP contribution in [0.5, 0.6) is 0 Å². The van der Waals surface area contributed by atoms with Crippen LogP contribution in [0.1, 0.15) is 10.4 Å². The third-order valence-electron chi connectivity index (χ3n) is 4.83. The van der Waals surface area contributed by atoms with Gasteiger partial charge in [-0.2, -0.15) is 0 Å². The highest BCUT2D eigenvalue weighted by Gasteiger charge is 2.16. The van der Waals surface area contributed by atoms with Crippen LogP contribution in [-0.2, 0) is 24.3 Å². The summed E-state index contributed by atoms with van der Waals surface area (Å²) >= 11 is 1.63. The first kappa shape index (κ1) is 19.1. The number of aromatic nitrogens is 2. The molecule has 0 bridgehead atoms. The topological polar surface area (TPSA) is 55.2 Å². The number of nitrogens with zero attached hydrogens (tertiary/aromatic N) is 3. The minimum atomic E-state index is -0.192. The standard InChI is InChI=1S/C23H21N3O2S/c27-22(16-26-17-24-21-11-5-4-10-20(21)23(26)28)25(15-19-9-6-14-29-19)13-12-18-7-2-1-3-8-18/h1-11,14,17H,12-13,15-16H2. The van der Waals surface area contributed by atoms with E-state index in [-0.39, 0.29) is 18.0 Å². The molecule has 0 spiro atoms. The molecule has 0 aliphatic heterocycles. The van der Waals surface area contributed by atoms with Gasteiger partial charge in [0.2, 0.25) is 5.91 Å². The van der Waals surface area contributed by atoms with Crippen molar-refractivity contribution in [2.24, 2.45) is 0 Å². The van der Waals surface area contributed by atoms with Crippen LogP contribution in [0, 0.1) is 0 Å². The fraction of sp³-hybridized carbons (Fsp3) is 0.174. The highest BCUT2D eigenvalue weighted by Crippen LogP contribution is 2.14. The Morgan fingerprint density at radius 2 is 1.79 bits per heavy atom. The number of hydrogen-bond acceptors (Lipinski definition) is 4. The third kappa shape index (κ3) is 4.60. The van der Waals surface area contributed by atoms with Crippen molar-refractivity contribution >= 4 is 28.1 Å². The van der Waals surface area contributed by atoms with Crippen LogP contribution in [0.3, 0.4) is 0 Å². The Hall–Kier alpha value is -3.25. The molecule has 2 aromatic carbocycles. The number of carbonyl (C=O) groups is 1. The number of rotatable bonds is 7. The number of hydrogen-bond donors (Lipinski definition) is 0. The largest absolute Gasteiger partial charge is 0.336 e. The second-order valence-corrected chi connectivity index (χ2v) is 7.86. The van der Waals surface area contributed by atoms with Gasteiger partial charge in [0.15, 0.2) is 0 Å². The van der Waals surface area contributed by atoms with E-state index in [0.717, 1.165) is 11.3 Å². The van der Waals surface area contributed by atoms with Crippen LogP contribution in [0.15, 0.2) is 83.2 Å². The Morgan fingerprint density at radius 3 is 2.59 bits per heavy atom. The zero-order chi connectivity index (χ0) is 20.1. The zero-order valence-electron chi connectivity index (χ0n) is 15.9. The summed E-state index contributed by atoms with van der Waals surface area (Å²) in [6.45, 7) is 1.12. The molecule has 1 amide bonds. The van der Waals surface area contributed by atoms with E-state index in [1.165, 1.54) is 16.5 Å². The van der Waals surface area contributed by atoms with Crippen molar-refractivity contribution in [3.63, 3.8) is 0 Å². The maximum Gasteiger partial charge on any atom is 0.261 e. The predicted octanol–water partition coefficient (Wildman–Crippen LogP) is 3.73. The molecule has 4 aromatic rings. The van der Waals surface area contributed by atoms with E-state index >= 15 is 0 Å². The maximum absolute atomic E-state index is 13.1. The van der Waals surface area contributed by atoms with E-state index in [0.29, 0.717) is 24.0 Å². The third-order valence-corrected chi connectivity index (χ3v) is 5.69. The average Bonchev–Trinajstić information content (AvgIpc) is 3.27. The normalized spacial score (nSPS) is 10.9. The van der Waals surface area contributed by atoms with Crippen molar-refractivity contribution < 1.29 is 4.79 Å². The highest BCUT2D eigenvalue weighted by atomic mass is 32.1. The fourth-order valence-corrected chi connectivity index (χ4v) is 3.98. The average molecular weight is 404 g/mol. The number of amides is 1. The van der Waals surface area contributed by atoms with Crippen LogP contribution in [0.2, 0.25) is 0 Å². The Kier molecular flexibility index (Phi) is 5.81. The van der Waals surface area contributed by atoms with E-state index < -0.39 is 0 Å². The van der Waals surface area contributed by atoms with Gasteiger partial charge in [-0.3, -0.25) is 14.2 Å². The Bertz CT molecular complexity index is 1150. The Labute approximate surface area is 172 Å². The number of carbonyl (C=O) groups excluding carboxylic acids is 1. The van der Waals surface area contributed by atoms with Crippen molar-refractivity contribution in [2.45, 2.75) is 19.5 Å². The van der Waals surface area contributed by atoms with Gasteiger partial charge in [0.1, 0.15) is 6.54 Å². The molecule has 4 rings (SSSR count). The van der Waals surface area contributed by atoms with Crippen LogP contribution >= 0.6 is 11.3 Å². The first-order valence-corrected chi connectivity index (χ1v) is 10.4. The van der Waals surface area contributed by atoms with E-state index in [1.807, 2.05) is 46.7 Å². The molecule has 2 aromatic heterocycles. The fourth-order valence-electron chi connectivity index (χ4n) is 3.26. The Morgan fingerprint density at radius 1 is 1.00 bits per heavy atom. The van der Waals surface area contributed by atoms with E-state index in [2.05, 4.69) is 17.1 Å². The van der Waals surface area contributed by atoms with Gasteiger partial charge in [0.05, 0.1) is 23.8 Å². The van der Waals surface area contributed by atoms with Gasteiger partial charge < -0.3 is 4.90 Å². The first-order valence-electron chi connectivity index (χ1n) is 9.49. The van der Waals surface area contributed by atoms with Gasteiger partial charge in [-0.25, -0.2) is 4.98 Å². The molecule has 6 heteroatoms. The lowest BCUT2D eigenvalue weighted by Gasteiger charge is -2.23. The summed E-state index contributed by atoms with van der Waals surface area (Å²) in [5.74, 6) is -0.0893. The Balaban J connectivity index is 1.54. The SMILES string of the molecule is O=C(Cn1cnc2ccccc2c1=O)N(CCc1ccccc1)Cc1cccs1. The lowest BCUT2D eigenvalue weighted by atomic mass is 10.1. The maximum atomic E-state index is 13.1. The molecule has 0 saturated heterocycles. The number of para-hydroxylation sites is 1. The first-order chi connectivity index (χ1) is 14.2. The number of benzene rings is 2. The quantitative estimate of drug-likeness (QED) is 0.472. The van der Waals surface area contributed by atoms with E-state index in [9.17, 15) is 9.59 Å². The molecule has 0 saturated carbocycles. The van der Waals surface area contributed by atoms with Crippen LogP contribution in [-0.4, -0.2) is 26.9 Å². The summed E-state index contributed by atoms with van der Waals surface area (Å²) in [5, 5.41) is 2.53. The molecule has 0 unspecified atom stereocenters. The molecular weight excluding hydrogens is 382 g/mol. The molecular formula is C23H21N3O2S. The molecule has 0 N–H and O–H groups in total. The molecule has 0 radical (unpaired) electrons. The monoisotopic (exact) mass is 403 g/mol. The minimum Gasteiger partial charge on any atom is -0.336 e. The predicted molar refractivity (Wildman–Crippen MR) is 116 cm³/mol. The summed E-state index contributed by atoms with van der Waals surface area (Å²) < 4.78 is 1.40. The lowest BCUT2D eigenvalue weighted by molar-refractivity contribution is -0.132. The molecule has 2 heterocycles. The lowest BCUT2D eigenvalue weighted by Crippen LogP contribution is -2.37. The van der Waals surface area contributed by atoms with Gasteiger partial charge in [-0.15, -0.1) is 11.3 Å². The van der Waals surface area contributed by atoms with Crippen molar-refractivity contribution in [3.05, 3.63) is 99.2 Å². The molecule has 0 aliphatic rings. The molecule has 146 valence electrons. The summed E-state index contributed by atoms with van der Waals surface area (Å²) in [6, 6.07) is 21.3. The van der Waals surface area contributed by atoms with Crippen LogP contribution in [0.25, 0.3) is 10.9 Å². The smallest absolute Gasteiger partial charge is 0.261 e. The van der Waals surface area contributed by atoms with Crippen molar-refractivity contribution in [3.8, 4) is 0 Å². The van der Waals surface area contributed by atoms with Crippen molar-refractivity contribution in [1.82, 2.24) is 14.5 Å². The second kappa shape index (κ2) is 8.84. The minimum absolute atomic E-state index is 0.0170. The van der Waals surface area contributed by atoms with Gasteiger partial charge in [-0.1, -0.05) is 48.5 Å². The second-order valence-electron chi connectivity index (χ2n) is 6.83. The van der Waals surface area contributed by atoms with E-state index in [1.54, 1.807) is 29.5 Å². The summed E-state index contributed by atoms with van der Waals surface area (Å²) in [5.41, 5.74) is 1.63. The highest BCUT2D eigenvalue weighted by molar-refractivity contribution is 7.09. The molecule has 5 nitrogen and oxygen atoms in total. The van der Waals surface area contributed by atoms with Gasteiger partial charge in [0.25, 0.3) is 5.56 Å². The molecule has 0 aliphatic carbocycles. The summed E-state index contributed by atoms with van der Waals surface area (Å²) in [4.78, 5) is 33.1. The molecule has 29 heavy (non-hydrogen) atoms. The van der Waals surface area contributed by atoms with Gasteiger partial charge in [-0.05, 0) is 35.6 Å². The van der Waals surface area contributed by atoms with Crippen LogP contribution in [0.4, 0.5) is 0 Å². The number of fused-ring (bicyclic) bond motifs is 1. The molecule has 0 fully saturated rings. The molecule has 0 atom stereocenters. The summed E-state index contributed by atoms with van der Waals surface area (Å²) in [6.07, 6.45) is 2.23. The van der Waals surface area contributed by atoms with Crippen molar-refractivity contribution in [2.75, 3.05) is 6.54 Å². The summed E-state index contributed by atoms with van der Waals surface area (Å²) in [7, 11) is 0.